The van der Waals surface area contributed by atoms with Crippen LogP contribution >= 0.6 is 11.6 Å². The van der Waals surface area contributed by atoms with Crippen LogP contribution in [-0.2, 0) is 6.54 Å². The first-order valence-electron chi connectivity index (χ1n) is 7.57. The van der Waals surface area contributed by atoms with Crippen LogP contribution in [0.15, 0.2) is 53.1 Å². The number of nitrogens with zero attached hydrogens (tertiary/aromatic N) is 3. The molecule has 0 saturated heterocycles. The highest BCUT2D eigenvalue weighted by molar-refractivity contribution is 6.30. The van der Waals surface area contributed by atoms with E-state index in [-0.39, 0.29) is 11.9 Å². The van der Waals surface area contributed by atoms with Gasteiger partial charge < -0.3 is 4.52 Å². The third-order valence-electron chi connectivity index (χ3n) is 3.97. The van der Waals surface area contributed by atoms with Crippen LogP contribution in [0.1, 0.15) is 24.4 Å². The van der Waals surface area contributed by atoms with Crippen molar-refractivity contribution in [2.24, 2.45) is 0 Å². The minimum Gasteiger partial charge on any atom is -0.338 e. The molecule has 0 saturated carbocycles. The van der Waals surface area contributed by atoms with Crippen LogP contribution in [0.5, 0.6) is 0 Å². The Morgan fingerprint density at radius 2 is 1.79 bits per heavy atom. The molecule has 24 heavy (non-hydrogen) atoms. The average Bonchev–Trinajstić information content (AvgIpc) is 3.04. The lowest BCUT2D eigenvalue weighted by Crippen LogP contribution is -2.22. The third-order valence-corrected chi connectivity index (χ3v) is 4.22. The van der Waals surface area contributed by atoms with Crippen molar-refractivity contribution in [3.05, 3.63) is 70.8 Å². The van der Waals surface area contributed by atoms with Crippen molar-refractivity contribution in [1.82, 2.24) is 15.0 Å². The number of rotatable bonds is 5. The van der Waals surface area contributed by atoms with Gasteiger partial charge in [-0.3, -0.25) is 4.90 Å². The second kappa shape index (κ2) is 7.11. The van der Waals surface area contributed by atoms with Crippen molar-refractivity contribution in [2.45, 2.75) is 19.5 Å². The summed E-state index contributed by atoms with van der Waals surface area (Å²) in [5, 5.41) is 4.67. The molecule has 0 aliphatic heterocycles. The molecule has 0 unspecified atom stereocenters. The standard InChI is InChI=1S/C18H17ClFN3O/c1-12(13-5-9-16(20)10-6-13)23(2)11-17-21-18(22-24-17)14-3-7-15(19)8-4-14/h3-10,12H,11H2,1-2H3/t12-/m1/s1. The van der Waals surface area contributed by atoms with E-state index in [0.29, 0.717) is 23.3 Å². The fraction of sp³-hybridized carbons (Fsp3) is 0.222. The first-order valence-corrected chi connectivity index (χ1v) is 7.95. The van der Waals surface area contributed by atoms with Crippen LogP contribution < -0.4 is 0 Å². The van der Waals surface area contributed by atoms with E-state index in [0.717, 1.165) is 11.1 Å². The molecule has 2 aromatic carbocycles. The van der Waals surface area contributed by atoms with Gasteiger partial charge >= 0.3 is 0 Å². The lowest BCUT2D eigenvalue weighted by Gasteiger charge is -2.23. The number of halogens is 2. The van der Waals surface area contributed by atoms with Gasteiger partial charge in [-0.05, 0) is 55.9 Å². The first kappa shape index (κ1) is 16.6. The van der Waals surface area contributed by atoms with E-state index in [2.05, 4.69) is 15.0 Å². The maximum atomic E-state index is 13.0. The molecule has 3 rings (SSSR count). The summed E-state index contributed by atoms with van der Waals surface area (Å²) in [6.07, 6.45) is 0. The van der Waals surface area contributed by atoms with Gasteiger partial charge in [-0.25, -0.2) is 4.39 Å². The molecule has 0 bridgehead atoms. The van der Waals surface area contributed by atoms with Crippen molar-refractivity contribution in [2.75, 3.05) is 7.05 Å². The number of hydrogen-bond donors (Lipinski definition) is 0. The van der Waals surface area contributed by atoms with E-state index in [9.17, 15) is 4.39 Å². The fourth-order valence-electron chi connectivity index (χ4n) is 2.38. The van der Waals surface area contributed by atoms with Crippen LogP contribution in [-0.4, -0.2) is 22.1 Å². The maximum absolute atomic E-state index is 13.0. The summed E-state index contributed by atoms with van der Waals surface area (Å²) in [6.45, 7) is 2.54. The second-order valence-corrected chi connectivity index (χ2v) is 6.10. The Balaban J connectivity index is 1.69. The van der Waals surface area contributed by atoms with Gasteiger partial charge in [0.2, 0.25) is 11.7 Å². The average molecular weight is 346 g/mol. The molecule has 1 atom stereocenters. The Labute approximate surface area is 144 Å². The Hall–Kier alpha value is -2.24. The summed E-state index contributed by atoms with van der Waals surface area (Å²) in [4.78, 5) is 6.48. The summed E-state index contributed by atoms with van der Waals surface area (Å²) >= 11 is 5.88. The summed E-state index contributed by atoms with van der Waals surface area (Å²) in [5.74, 6) is 0.819. The van der Waals surface area contributed by atoms with Gasteiger partial charge in [0, 0.05) is 16.6 Å². The zero-order valence-corrected chi connectivity index (χ0v) is 14.2. The summed E-state index contributed by atoms with van der Waals surface area (Å²) in [5.41, 5.74) is 1.87. The van der Waals surface area contributed by atoms with Gasteiger partial charge in [0.15, 0.2) is 0 Å². The van der Waals surface area contributed by atoms with E-state index in [4.69, 9.17) is 16.1 Å². The molecular formula is C18H17ClFN3O. The molecule has 0 spiro atoms. The van der Waals surface area contributed by atoms with Crippen molar-refractivity contribution >= 4 is 11.6 Å². The molecule has 0 aliphatic rings. The van der Waals surface area contributed by atoms with E-state index in [1.165, 1.54) is 12.1 Å². The third kappa shape index (κ3) is 3.80. The summed E-state index contributed by atoms with van der Waals surface area (Å²) < 4.78 is 18.4. The predicted octanol–water partition coefficient (Wildman–Crippen LogP) is 4.72. The first-order chi connectivity index (χ1) is 11.5. The highest BCUT2D eigenvalue weighted by Gasteiger charge is 2.16. The maximum Gasteiger partial charge on any atom is 0.241 e. The van der Waals surface area contributed by atoms with Gasteiger partial charge in [-0.1, -0.05) is 28.9 Å². The summed E-state index contributed by atoms with van der Waals surface area (Å²) in [6, 6.07) is 13.9. The monoisotopic (exact) mass is 345 g/mol. The molecular weight excluding hydrogens is 329 g/mol. The summed E-state index contributed by atoms with van der Waals surface area (Å²) in [7, 11) is 1.96. The molecule has 0 aliphatic carbocycles. The smallest absolute Gasteiger partial charge is 0.241 e. The second-order valence-electron chi connectivity index (χ2n) is 5.66. The van der Waals surface area contributed by atoms with Crippen molar-refractivity contribution < 1.29 is 8.91 Å². The lowest BCUT2D eigenvalue weighted by molar-refractivity contribution is 0.216. The van der Waals surface area contributed by atoms with Gasteiger partial charge in [-0.2, -0.15) is 4.98 Å². The van der Waals surface area contributed by atoms with Crippen LogP contribution in [0.2, 0.25) is 5.02 Å². The van der Waals surface area contributed by atoms with Gasteiger partial charge in [0.1, 0.15) is 5.82 Å². The Morgan fingerprint density at radius 1 is 1.12 bits per heavy atom. The predicted molar refractivity (Wildman–Crippen MR) is 91.0 cm³/mol. The minimum atomic E-state index is -0.238. The molecule has 3 aromatic rings. The Bertz CT molecular complexity index is 802. The molecule has 0 fully saturated rings. The molecule has 0 amide bonds. The molecule has 124 valence electrons. The van der Waals surface area contributed by atoms with E-state index in [1.807, 2.05) is 26.1 Å². The van der Waals surface area contributed by atoms with Crippen molar-refractivity contribution in [3.8, 4) is 11.4 Å². The molecule has 1 aromatic heterocycles. The van der Waals surface area contributed by atoms with E-state index in [1.54, 1.807) is 24.3 Å². The highest BCUT2D eigenvalue weighted by Crippen LogP contribution is 2.22. The zero-order valence-electron chi connectivity index (χ0n) is 13.4. The van der Waals surface area contributed by atoms with Crippen molar-refractivity contribution in [3.63, 3.8) is 0 Å². The minimum absolute atomic E-state index is 0.0940. The SMILES string of the molecule is C[C@H](c1ccc(F)cc1)N(C)Cc1nc(-c2ccc(Cl)cc2)no1. The highest BCUT2D eigenvalue weighted by atomic mass is 35.5. The van der Waals surface area contributed by atoms with E-state index < -0.39 is 0 Å². The van der Waals surface area contributed by atoms with Crippen LogP contribution in [0.25, 0.3) is 11.4 Å². The largest absolute Gasteiger partial charge is 0.338 e. The van der Waals surface area contributed by atoms with E-state index >= 15 is 0 Å². The van der Waals surface area contributed by atoms with Gasteiger partial charge in [-0.15, -0.1) is 0 Å². The van der Waals surface area contributed by atoms with Gasteiger partial charge in [0.25, 0.3) is 0 Å². The molecule has 0 N–H and O–H groups in total. The van der Waals surface area contributed by atoms with Crippen molar-refractivity contribution in [1.29, 1.82) is 0 Å². The molecule has 0 radical (unpaired) electrons. The molecule has 4 nitrogen and oxygen atoms in total. The number of aromatic nitrogens is 2. The Morgan fingerprint density at radius 3 is 2.46 bits per heavy atom. The Kier molecular flexibility index (Phi) is 4.92. The topological polar surface area (TPSA) is 42.2 Å². The van der Waals surface area contributed by atoms with Crippen LogP contribution in [0.3, 0.4) is 0 Å². The lowest BCUT2D eigenvalue weighted by atomic mass is 10.1. The number of benzene rings is 2. The molecule has 6 heteroatoms. The van der Waals surface area contributed by atoms with Crippen LogP contribution in [0, 0.1) is 5.82 Å². The zero-order chi connectivity index (χ0) is 17.1. The van der Waals surface area contributed by atoms with Crippen LogP contribution in [0.4, 0.5) is 4.39 Å². The number of hydrogen-bond acceptors (Lipinski definition) is 4. The molecule has 1 heterocycles. The van der Waals surface area contributed by atoms with Gasteiger partial charge in [0.05, 0.1) is 6.54 Å². The fourth-order valence-corrected chi connectivity index (χ4v) is 2.51. The quantitative estimate of drug-likeness (QED) is 0.671. The normalized spacial score (nSPS) is 12.5.